The molecule has 5 heteroatoms. The Labute approximate surface area is 184 Å². The number of aryl methyl sites for hydroxylation is 2. The van der Waals surface area contributed by atoms with Crippen LogP contribution < -0.4 is 0 Å². The van der Waals surface area contributed by atoms with E-state index in [1.165, 1.54) is 29.4 Å². The van der Waals surface area contributed by atoms with Crippen LogP contribution in [0.1, 0.15) is 49.3 Å². The standard InChI is InChI=1S/C9H12N2O2.C7H8.2C4H9.Al.H/c1-7-4-5-8(6-10-7)9(12)11(2)13-3;1-7-5-3-2-4-6-7;2*1-4(2)3;;/h4-6H,1-3H3;2-6H,1H3;2*4H,1H2,2-3H3;;. The summed E-state index contributed by atoms with van der Waals surface area (Å²) in [6.07, 6.45) is 1.53. The van der Waals surface area contributed by atoms with Crippen molar-refractivity contribution in [3.63, 3.8) is 0 Å². The second-order valence-corrected chi connectivity index (χ2v) is 9.91. The van der Waals surface area contributed by atoms with Crippen LogP contribution in [-0.2, 0) is 4.84 Å². The fourth-order valence-corrected chi connectivity index (χ4v) is 4.20. The number of carbonyl (C=O) groups excluding carboxylic acids is 1. The average molecular weight is 415 g/mol. The van der Waals surface area contributed by atoms with E-state index in [1.54, 1.807) is 19.2 Å². The number of aromatic nitrogens is 1. The van der Waals surface area contributed by atoms with Gasteiger partial charge in [-0.05, 0) is 26.0 Å². The lowest BCUT2D eigenvalue weighted by Gasteiger charge is -2.12. The maximum absolute atomic E-state index is 11.4. The number of amides is 1. The van der Waals surface area contributed by atoms with E-state index in [0.29, 0.717) is 20.8 Å². The van der Waals surface area contributed by atoms with Gasteiger partial charge in [0.15, 0.2) is 0 Å². The molecule has 1 aromatic heterocycles. The summed E-state index contributed by atoms with van der Waals surface area (Å²) in [6.45, 7) is 13.3. The van der Waals surface area contributed by atoms with Gasteiger partial charge in [-0.2, -0.15) is 0 Å². The van der Waals surface area contributed by atoms with Crippen molar-refractivity contribution in [2.24, 2.45) is 11.8 Å². The second kappa shape index (κ2) is 16.2. The molecule has 2 rings (SSSR count). The van der Waals surface area contributed by atoms with E-state index in [1.807, 2.05) is 25.1 Å². The first-order valence-electron chi connectivity index (χ1n) is 10.4. The quantitative estimate of drug-likeness (QED) is 0.457. The van der Waals surface area contributed by atoms with Gasteiger partial charge in [-0.3, -0.25) is 14.6 Å². The van der Waals surface area contributed by atoms with Crippen molar-refractivity contribution >= 4 is 21.1 Å². The van der Waals surface area contributed by atoms with Crippen LogP contribution in [-0.4, -0.2) is 45.3 Å². The highest BCUT2D eigenvalue weighted by Crippen LogP contribution is 2.05. The van der Waals surface area contributed by atoms with Crippen molar-refractivity contribution in [1.82, 2.24) is 10.0 Å². The van der Waals surface area contributed by atoms with Gasteiger partial charge < -0.3 is 0 Å². The highest BCUT2D eigenvalue weighted by atomic mass is 27.1. The van der Waals surface area contributed by atoms with Crippen LogP contribution >= 0.6 is 0 Å². The molecule has 0 saturated carbocycles. The van der Waals surface area contributed by atoms with Crippen LogP contribution in [0.3, 0.4) is 0 Å². The third kappa shape index (κ3) is 14.9. The van der Waals surface area contributed by atoms with Crippen LogP contribution in [0.5, 0.6) is 0 Å². The highest BCUT2D eigenvalue weighted by Gasteiger charge is 2.10. The lowest BCUT2D eigenvalue weighted by Crippen LogP contribution is -2.25. The molecule has 1 heterocycles. The smallest absolute Gasteiger partial charge is 0.274 e. The first-order chi connectivity index (χ1) is 13.7. The number of hydrogen-bond acceptors (Lipinski definition) is 3. The third-order valence-electron chi connectivity index (χ3n) is 4.22. The molecule has 0 spiro atoms. The number of nitrogens with zero attached hydrogens (tertiary/aromatic N) is 2. The molecular formula is C24H39AlN2O2. The van der Waals surface area contributed by atoms with Gasteiger partial charge in [0.2, 0.25) is 15.2 Å². The van der Waals surface area contributed by atoms with Crippen LogP contribution in [0.2, 0.25) is 10.6 Å². The van der Waals surface area contributed by atoms with Crippen molar-refractivity contribution in [2.75, 3.05) is 14.2 Å². The summed E-state index contributed by atoms with van der Waals surface area (Å²) in [7, 11) is 3.00. The zero-order valence-corrected chi connectivity index (χ0v) is 21.0. The largest absolute Gasteiger partial charge is 0.278 e. The average Bonchev–Trinajstić information content (AvgIpc) is 2.68. The second-order valence-electron chi connectivity index (χ2n) is 8.05. The zero-order chi connectivity index (χ0) is 22.2. The summed E-state index contributed by atoms with van der Waals surface area (Å²) in [5.74, 6) is 1.71. The number of rotatable bonds is 6. The number of carbonyl (C=O) groups is 1. The molecule has 0 radical (unpaired) electrons. The Morgan fingerprint density at radius 3 is 1.90 bits per heavy atom. The Kier molecular flexibility index (Phi) is 15.2. The normalized spacial score (nSPS) is 9.86. The summed E-state index contributed by atoms with van der Waals surface area (Å²) < 4.78 is 0. The molecule has 0 bridgehead atoms. The van der Waals surface area contributed by atoms with Gasteiger partial charge in [-0.1, -0.05) is 86.0 Å². The van der Waals surface area contributed by atoms with E-state index in [0.717, 1.165) is 22.6 Å². The SMILES string of the molecule is CC(C)[CH2][AlH][CH2]C(C)C.CON(C)C(=O)c1ccc(C)nc1.Cc1ccccc1. The molecule has 1 amide bonds. The van der Waals surface area contributed by atoms with Gasteiger partial charge >= 0.3 is 0 Å². The molecule has 0 N–H and O–H groups in total. The molecule has 0 fully saturated rings. The van der Waals surface area contributed by atoms with Crippen LogP contribution in [0.25, 0.3) is 0 Å². The van der Waals surface area contributed by atoms with Crippen LogP contribution in [0.4, 0.5) is 0 Å². The van der Waals surface area contributed by atoms with E-state index in [4.69, 9.17) is 4.84 Å². The summed E-state index contributed by atoms with van der Waals surface area (Å²) in [5.41, 5.74) is 2.73. The van der Waals surface area contributed by atoms with E-state index in [9.17, 15) is 4.79 Å². The van der Waals surface area contributed by atoms with Gasteiger partial charge in [-0.25, -0.2) is 5.06 Å². The summed E-state index contributed by atoms with van der Waals surface area (Å²) in [5, 5.41) is 4.24. The molecular weight excluding hydrogens is 375 g/mol. The van der Waals surface area contributed by atoms with Crippen LogP contribution in [0.15, 0.2) is 48.7 Å². The minimum Gasteiger partial charge on any atom is -0.274 e. The summed E-state index contributed by atoms with van der Waals surface area (Å²) in [6, 6.07) is 13.8. The zero-order valence-electron chi connectivity index (χ0n) is 19.6. The first kappa shape index (κ1) is 27.3. The molecule has 0 aliphatic heterocycles. The van der Waals surface area contributed by atoms with Gasteiger partial charge in [-0.15, -0.1) is 0 Å². The van der Waals surface area contributed by atoms with E-state index in [2.05, 4.69) is 51.7 Å². The van der Waals surface area contributed by atoms with Crippen molar-refractivity contribution in [2.45, 2.75) is 52.1 Å². The third-order valence-corrected chi connectivity index (χ3v) is 7.35. The molecule has 29 heavy (non-hydrogen) atoms. The number of pyridine rings is 1. The monoisotopic (exact) mass is 414 g/mol. The van der Waals surface area contributed by atoms with Gasteiger partial charge in [0.25, 0.3) is 5.91 Å². The molecule has 0 saturated heterocycles. The maximum Gasteiger partial charge on any atom is 0.278 e. The molecule has 4 nitrogen and oxygen atoms in total. The Hall–Kier alpha value is -1.67. The molecule has 0 unspecified atom stereocenters. The fourth-order valence-electron chi connectivity index (χ4n) is 2.33. The van der Waals surface area contributed by atoms with E-state index < -0.39 is 0 Å². The Balaban J connectivity index is 0.000000429. The lowest BCUT2D eigenvalue weighted by molar-refractivity contribution is -0.0757. The van der Waals surface area contributed by atoms with Crippen molar-refractivity contribution in [3.8, 4) is 0 Å². The Bertz CT molecular complexity index is 650. The van der Waals surface area contributed by atoms with E-state index >= 15 is 0 Å². The number of hydroxylamine groups is 2. The predicted octanol–water partition coefficient (Wildman–Crippen LogP) is 5.59. The molecule has 160 valence electrons. The minimum absolute atomic E-state index is 0.199. The Morgan fingerprint density at radius 1 is 1.00 bits per heavy atom. The maximum atomic E-state index is 11.4. The van der Waals surface area contributed by atoms with Crippen molar-refractivity contribution < 1.29 is 9.63 Å². The topological polar surface area (TPSA) is 42.4 Å². The van der Waals surface area contributed by atoms with Gasteiger partial charge in [0.05, 0.1) is 12.7 Å². The Morgan fingerprint density at radius 2 is 1.55 bits per heavy atom. The van der Waals surface area contributed by atoms with Gasteiger partial charge in [0, 0.05) is 18.9 Å². The van der Waals surface area contributed by atoms with Crippen molar-refractivity contribution in [3.05, 3.63) is 65.5 Å². The molecule has 1 aromatic carbocycles. The number of benzene rings is 1. The van der Waals surface area contributed by atoms with E-state index in [-0.39, 0.29) is 5.91 Å². The lowest BCUT2D eigenvalue weighted by atomic mass is 10.2. The van der Waals surface area contributed by atoms with Crippen LogP contribution in [0, 0.1) is 25.7 Å². The summed E-state index contributed by atoms with van der Waals surface area (Å²) in [4.78, 5) is 20.2. The fraction of sp³-hybridized carbons (Fsp3) is 0.500. The van der Waals surface area contributed by atoms with Gasteiger partial charge in [0.1, 0.15) is 0 Å². The molecule has 0 aliphatic rings. The summed E-state index contributed by atoms with van der Waals surface area (Å²) >= 11 is 0.316. The first-order valence-corrected chi connectivity index (χ1v) is 12.4. The molecule has 0 aliphatic carbocycles. The highest BCUT2D eigenvalue weighted by molar-refractivity contribution is 6.35. The van der Waals surface area contributed by atoms with Crippen molar-refractivity contribution in [1.29, 1.82) is 0 Å². The number of hydrogen-bond donors (Lipinski definition) is 0. The minimum atomic E-state index is -0.199. The predicted molar refractivity (Wildman–Crippen MR) is 126 cm³/mol. The molecule has 0 atom stereocenters. The molecule has 2 aromatic rings.